The van der Waals surface area contributed by atoms with Crippen molar-refractivity contribution in [3.8, 4) is 0 Å². The van der Waals surface area contributed by atoms with Gasteiger partial charge in [0, 0.05) is 0 Å². The van der Waals surface area contributed by atoms with Gasteiger partial charge in [-0.15, -0.1) is 0 Å². The van der Waals surface area contributed by atoms with E-state index >= 15 is 0 Å². The molecule has 0 bridgehead atoms. The fraction of sp³-hybridized carbons (Fsp3) is 1.00. The van der Waals surface area contributed by atoms with Crippen molar-refractivity contribution in [3.63, 3.8) is 0 Å². The van der Waals surface area contributed by atoms with Crippen LogP contribution >= 0.6 is 0 Å². The van der Waals surface area contributed by atoms with Crippen LogP contribution in [0.3, 0.4) is 0 Å². The summed E-state index contributed by atoms with van der Waals surface area (Å²) in [7, 11) is -1.20. The summed E-state index contributed by atoms with van der Waals surface area (Å²) in [6.45, 7) is 15.2. The molecule has 15 heavy (non-hydrogen) atoms. The molecule has 1 rings (SSSR count). The quantitative estimate of drug-likeness (QED) is 0.713. The predicted molar refractivity (Wildman–Crippen MR) is 75.2 cm³/mol. The first kappa shape index (κ1) is 13.6. The zero-order valence-electron chi connectivity index (χ0n) is 11.0. The summed E-state index contributed by atoms with van der Waals surface area (Å²) in [6, 6.07) is 0. The van der Waals surface area contributed by atoms with E-state index in [9.17, 15) is 0 Å². The fourth-order valence-corrected chi connectivity index (χ4v) is 14.6. The normalized spacial score (nSPS) is 21.6. The Bertz CT molecular complexity index is 174. The Kier molecular flexibility index (Phi) is 5.76. The van der Waals surface area contributed by atoms with Crippen LogP contribution in [0.1, 0.15) is 19.3 Å². The van der Waals surface area contributed by atoms with Gasteiger partial charge in [0.15, 0.2) is 9.12 Å². The molecular formula is C10H26N2Si3. The van der Waals surface area contributed by atoms with Gasteiger partial charge < -0.3 is 8.46 Å². The van der Waals surface area contributed by atoms with E-state index in [1.165, 1.54) is 32.4 Å². The number of hydrogen-bond donors (Lipinski definition) is 0. The van der Waals surface area contributed by atoms with Crippen molar-refractivity contribution in [3.05, 3.63) is 0 Å². The summed E-state index contributed by atoms with van der Waals surface area (Å²) < 4.78 is 5.79. The molecule has 1 aliphatic heterocycles. The minimum absolute atomic E-state index is 0.221. The van der Waals surface area contributed by atoms with E-state index in [0.717, 1.165) is 0 Å². The van der Waals surface area contributed by atoms with Gasteiger partial charge in [-0.05, 0) is 32.5 Å². The Balaban J connectivity index is 2.57. The topological polar surface area (TPSA) is 6.48 Å². The SMILES string of the molecule is C[Si](C)N([Si](C)C)[SiH](C)N1CCCCC1. The number of piperidine rings is 1. The minimum Gasteiger partial charge on any atom is -0.361 e. The van der Waals surface area contributed by atoms with Gasteiger partial charge in [0.1, 0.15) is 17.9 Å². The zero-order chi connectivity index (χ0) is 11.4. The Morgan fingerprint density at radius 2 is 1.40 bits per heavy atom. The second kappa shape index (κ2) is 6.34. The van der Waals surface area contributed by atoms with Gasteiger partial charge in [0.2, 0.25) is 0 Å². The van der Waals surface area contributed by atoms with Crippen LogP contribution in [0.5, 0.6) is 0 Å². The lowest BCUT2D eigenvalue weighted by Crippen LogP contribution is -2.60. The highest BCUT2D eigenvalue weighted by molar-refractivity contribution is 6.84. The molecule has 0 aromatic carbocycles. The van der Waals surface area contributed by atoms with E-state index in [4.69, 9.17) is 0 Å². The summed E-state index contributed by atoms with van der Waals surface area (Å²) in [6.07, 6.45) is 4.34. The average Bonchev–Trinajstić information content (AvgIpc) is 2.18. The summed E-state index contributed by atoms with van der Waals surface area (Å²) in [5.74, 6) is 0. The Morgan fingerprint density at radius 3 is 1.80 bits per heavy atom. The van der Waals surface area contributed by atoms with Gasteiger partial charge in [-0.25, -0.2) is 0 Å². The van der Waals surface area contributed by atoms with Gasteiger partial charge in [0.25, 0.3) is 0 Å². The lowest BCUT2D eigenvalue weighted by Gasteiger charge is -2.42. The van der Waals surface area contributed by atoms with Gasteiger partial charge in [-0.2, -0.15) is 0 Å². The maximum absolute atomic E-state index is 2.96. The summed E-state index contributed by atoms with van der Waals surface area (Å²) >= 11 is 0. The van der Waals surface area contributed by atoms with Crippen molar-refractivity contribution in [1.82, 2.24) is 8.46 Å². The van der Waals surface area contributed by atoms with Crippen molar-refractivity contribution in [2.75, 3.05) is 13.1 Å². The lowest BCUT2D eigenvalue weighted by molar-refractivity contribution is 0.343. The zero-order valence-corrected chi connectivity index (χ0v) is 14.2. The molecule has 0 saturated carbocycles. The highest BCUT2D eigenvalue weighted by Gasteiger charge is 2.28. The maximum Gasteiger partial charge on any atom is 0.173 e. The second-order valence-corrected chi connectivity index (χ2v) is 13.7. The predicted octanol–water partition coefficient (Wildman–Crippen LogP) is 2.13. The van der Waals surface area contributed by atoms with Crippen LogP contribution in [0.25, 0.3) is 0 Å². The molecule has 1 fully saturated rings. The average molecular weight is 259 g/mol. The van der Waals surface area contributed by atoms with Gasteiger partial charge in [-0.3, -0.25) is 0 Å². The van der Waals surface area contributed by atoms with E-state index in [1.54, 1.807) is 0 Å². The van der Waals surface area contributed by atoms with E-state index in [-0.39, 0.29) is 17.9 Å². The van der Waals surface area contributed by atoms with Gasteiger partial charge >= 0.3 is 0 Å². The molecule has 0 spiro atoms. The molecule has 0 aromatic heterocycles. The molecule has 0 amide bonds. The van der Waals surface area contributed by atoms with Crippen LogP contribution in [-0.4, -0.2) is 48.6 Å². The molecule has 5 heteroatoms. The van der Waals surface area contributed by atoms with E-state index < -0.39 is 9.12 Å². The van der Waals surface area contributed by atoms with Crippen LogP contribution in [0.2, 0.25) is 32.7 Å². The monoisotopic (exact) mass is 258 g/mol. The van der Waals surface area contributed by atoms with Crippen molar-refractivity contribution in [2.45, 2.75) is 52.0 Å². The summed E-state index contributed by atoms with van der Waals surface area (Å²) in [5.41, 5.74) is 0. The maximum atomic E-state index is 2.96. The van der Waals surface area contributed by atoms with Gasteiger partial charge in [-0.1, -0.05) is 32.6 Å². The van der Waals surface area contributed by atoms with Crippen LogP contribution in [0, 0.1) is 0 Å². The fourth-order valence-electron chi connectivity index (χ4n) is 2.65. The minimum atomic E-state index is -0.757. The van der Waals surface area contributed by atoms with Gasteiger partial charge in [0.05, 0.1) is 0 Å². The van der Waals surface area contributed by atoms with Crippen molar-refractivity contribution >= 4 is 27.0 Å². The molecule has 2 nitrogen and oxygen atoms in total. The number of rotatable bonds is 4. The highest BCUT2D eigenvalue weighted by atomic mass is 28.4. The number of hydrogen-bond acceptors (Lipinski definition) is 2. The Labute approximate surface area is 101 Å². The van der Waals surface area contributed by atoms with Crippen LogP contribution in [0.4, 0.5) is 0 Å². The molecule has 1 atom stereocenters. The highest BCUT2D eigenvalue weighted by Crippen LogP contribution is 2.14. The molecular weight excluding hydrogens is 232 g/mol. The molecule has 1 saturated heterocycles. The Hall–Kier alpha value is 0.571. The third-order valence-electron chi connectivity index (χ3n) is 3.26. The Morgan fingerprint density at radius 1 is 0.933 bits per heavy atom. The van der Waals surface area contributed by atoms with Crippen LogP contribution < -0.4 is 0 Å². The molecule has 1 aliphatic rings. The molecule has 1 heterocycles. The summed E-state index contributed by atoms with van der Waals surface area (Å²) in [5, 5.41) is 0. The van der Waals surface area contributed by atoms with E-state index in [2.05, 4.69) is 41.2 Å². The first-order valence-electron chi connectivity index (χ1n) is 6.17. The molecule has 1 unspecified atom stereocenters. The largest absolute Gasteiger partial charge is 0.361 e. The first-order chi connectivity index (χ1) is 7.04. The lowest BCUT2D eigenvalue weighted by atomic mass is 10.2. The molecule has 0 aromatic rings. The van der Waals surface area contributed by atoms with Crippen molar-refractivity contribution in [2.24, 2.45) is 0 Å². The third-order valence-corrected chi connectivity index (χ3v) is 15.5. The van der Waals surface area contributed by atoms with E-state index in [0.29, 0.717) is 0 Å². The first-order valence-corrected chi connectivity index (χ1v) is 13.3. The third kappa shape index (κ3) is 3.81. The van der Waals surface area contributed by atoms with Crippen molar-refractivity contribution in [1.29, 1.82) is 0 Å². The van der Waals surface area contributed by atoms with Crippen LogP contribution in [-0.2, 0) is 0 Å². The van der Waals surface area contributed by atoms with Crippen molar-refractivity contribution < 1.29 is 0 Å². The molecule has 88 valence electrons. The van der Waals surface area contributed by atoms with E-state index in [1.807, 2.05) is 0 Å². The molecule has 2 radical (unpaired) electrons. The molecule has 0 N–H and O–H groups in total. The standard InChI is InChI=1S/C10H26N2Si3/c1-13(2)12(14(3)4)15(5)11-9-7-6-8-10-11/h15H,6-10H2,1-5H3. The number of nitrogens with zero attached hydrogens (tertiary/aromatic N) is 2. The second-order valence-electron chi connectivity index (χ2n) is 4.99. The van der Waals surface area contributed by atoms with Crippen LogP contribution in [0.15, 0.2) is 0 Å². The molecule has 0 aliphatic carbocycles. The summed E-state index contributed by atoms with van der Waals surface area (Å²) in [4.78, 5) is 0. The smallest absolute Gasteiger partial charge is 0.173 e.